The van der Waals surface area contributed by atoms with Gasteiger partial charge in [-0.15, -0.1) is 0 Å². The molecular weight excluding hydrogens is 643 g/mol. The van der Waals surface area contributed by atoms with E-state index in [1.807, 2.05) is 0 Å². The number of fused-ring (bicyclic) bond motifs is 2. The van der Waals surface area contributed by atoms with Gasteiger partial charge in [-0.1, -0.05) is 0 Å². The molecule has 0 aliphatic heterocycles. The van der Waals surface area contributed by atoms with Crippen LogP contribution in [-0.2, 0) is 23.2 Å². The Labute approximate surface area is 283 Å². The fraction of sp³-hybridized carbons (Fsp3) is 0.300. The predicted molar refractivity (Wildman–Crippen MR) is 174 cm³/mol. The quantitative estimate of drug-likeness (QED) is 0.238. The first-order valence-electron chi connectivity index (χ1n) is 15.3. The van der Waals surface area contributed by atoms with Crippen LogP contribution < -0.4 is 24.8 Å². The van der Waals surface area contributed by atoms with Crippen molar-refractivity contribution < 1.29 is 48.0 Å². The van der Waals surface area contributed by atoms with Gasteiger partial charge in [0, 0.05) is 0 Å². The molecule has 0 bridgehead atoms. The Bertz CT molecular complexity index is 1640. The number of halogens is 2. The molecule has 0 N–H and O–H groups in total. The van der Waals surface area contributed by atoms with E-state index < -0.39 is 23.2 Å². The zero-order chi connectivity index (χ0) is 28.8. The first-order valence-corrected chi connectivity index (χ1v) is 18.2. The van der Waals surface area contributed by atoms with Crippen LogP contribution in [0.5, 0.6) is 0 Å². The van der Waals surface area contributed by atoms with E-state index >= 15 is 0 Å². The van der Waals surface area contributed by atoms with Crippen molar-refractivity contribution in [2.75, 3.05) is 0 Å². The van der Waals surface area contributed by atoms with Crippen molar-refractivity contribution >= 4 is 12.2 Å². The Morgan fingerprint density at radius 3 is 1.40 bits per heavy atom. The molecule has 0 saturated heterocycles. The fourth-order valence-corrected chi connectivity index (χ4v) is 11.9. The molecule has 2 atom stereocenters. The van der Waals surface area contributed by atoms with E-state index in [-0.39, 0.29) is 24.8 Å². The molecule has 4 aromatic carbocycles. The van der Waals surface area contributed by atoms with Crippen LogP contribution in [0.2, 0.25) is 0 Å². The van der Waals surface area contributed by atoms with Gasteiger partial charge in [0.1, 0.15) is 0 Å². The summed E-state index contributed by atoms with van der Waals surface area (Å²) in [6, 6.07) is 32.6. The molecule has 0 heterocycles. The Morgan fingerprint density at radius 1 is 0.512 bits per heavy atom. The molecule has 0 amide bonds. The van der Waals surface area contributed by atoms with Gasteiger partial charge in [-0.25, -0.2) is 0 Å². The van der Waals surface area contributed by atoms with Crippen LogP contribution >= 0.6 is 0 Å². The smallest absolute Gasteiger partial charge is 1.00 e. The maximum Gasteiger partial charge on any atom is -1.00 e. The van der Waals surface area contributed by atoms with Crippen molar-refractivity contribution in [3.05, 3.63) is 129 Å². The summed E-state index contributed by atoms with van der Waals surface area (Å²) in [7, 11) is 0. The van der Waals surface area contributed by atoms with E-state index in [9.17, 15) is 0 Å². The second kappa shape index (κ2) is 13.9. The van der Waals surface area contributed by atoms with Gasteiger partial charge in [0.15, 0.2) is 0 Å². The third-order valence-corrected chi connectivity index (χ3v) is 14.3. The average Bonchev–Trinajstić information content (AvgIpc) is 3.50. The molecule has 2 aliphatic carbocycles. The molecule has 6 rings (SSSR count). The molecule has 0 radical (unpaired) electrons. The van der Waals surface area contributed by atoms with E-state index in [4.69, 9.17) is 0 Å². The number of hydrogen-bond donors (Lipinski definition) is 0. The summed E-state index contributed by atoms with van der Waals surface area (Å²) in [6.45, 7) is 16.3. The average molecular weight is 685 g/mol. The van der Waals surface area contributed by atoms with Crippen molar-refractivity contribution in [3.8, 4) is 22.3 Å². The van der Waals surface area contributed by atoms with Crippen LogP contribution in [0, 0.1) is 5.92 Å². The first-order chi connectivity index (χ1) is 19.7. The van der Waals surface area contributed by atoms with E-state index in [0.29, 0.717) is 25.0 Å². The molecule has 0 aromatic heterocycles. The molecular formula is C40H42Cl2Zr. The minimum Gasteiger partial charge on any atom is -1.00 e. The van der Waals surface area contributed by atoms with Gasteiger partial charge < -0.3 is 24.8 Å². The largest absolute Gasteiger partial charge is 1.00 e. The Morgan fingerprint density at radius 2 is 0.953 bits per heavy atom. The Hall–Kier alpha value is -2.18. The first kappa shape index (κ1) is 33.7. The zero-order valence-electron chi connectivity index (χ0n) is 26.4. The summed E-state index contributed by atoms with van der Waals surface area (Å²) in [5.41, 5.74) is 17.6. The third-order valence-electron chi connectivity index (χ3n) is 9.15. The van der Waals surface area contributed by atoms with E-state index in [2.05, 4.69) is 146 Å². The maximum absolute atomic E-state index is 2.57. The van der Waals surface area contributed by atoms with Crippen molar-refractivity contribution in [1.82, 2.24) is 0 Å². The monoisotopic (exact) mass is 682 g/mol. The SMILES string of the molecule is CC1=Cc2c(-c3ccc(C(C)C)cc3)cccc2[CH]1[Zr+2][CH]1C(C(C)C)=Cc2c(-c3ccc(C(C)C)cc3)cccc21.[Cl-].[Cl-]. The molecule has 0 saturated carbocycles. The second-order valence-electron chi connectivity index (χ2n) is 12.9. The van der Waals surface area contributed by atoms with E-state index in [1.165, 1.54) is 44.5 Å². The van der Waals surface area contributed by atoms with E-state index in [1.54, 1.807) is 22.3 Å². The van der Waals surface area contributed by atoms with Gasteiger partial charge in [0.05, 0.1) is 0 Å². The standard InChI is InChI=1S/C21H23.C19H19.2ClH.Zr/c1-14(2)16-8-10-17(11-9-16)20-7-5-6-18-12-19(15(3)4)13-21(18)20;1-13(2)15-7-9-16(10-8-15)18-6-4-5-17-11-14(3)12-19(17)18;;;/h5-15H,1-4H3;4-13H,1-3H3;2*1H;/q;;;;+2/p-2. The zero-order valence-corrected chi connectivity index (χ0v) is 30.4. The molecule has 0 spiro atoms. The molecule has 2 aliphatic rings. The maximum atomic E-state index is 2.57. The van der Waals surface area contributed by atoms with Gasteiger partial charge in [-0.3, -0.25) is 0 Å². The third kappa shape index (κ3) is 6.47. The minimum absolute atomic E-state index is 0. The predicted octanol–water partition coefficient (Wildman–Crippen LogP) is 5.61. The summed E-state index contributed by atoms with van der Waals surface area (Å²) in [6.07, 6.45) is 5.08. The molecule has 0 fully saturated rings. The fourth-order valence-electron chi connectivity index (χ4n) is 6.65. The van der Waals surface area contributed by atoms with Crippen molar-refractivity contribution in [3.63, 3.8) is 0 Å². The minimum atomic E-state index is -0.929. The van der Waals surface area contributed by atoms with Gasteiger partial charge in [-0.05, 0) is 0 Å². The van der Waals surface area contributed by atoms with E-state index in [0.717, 1.165) is 0 Å². The number of allylic oxidation sites excluding steroid dienone is 2. The molecule has 43 heavy (non-hydrogen) atoms. The van der Waals surface area contributed by atoms with Crippen LogP contribution in [0.3, 0.4) is 0 Å². The van der Waals surface area contributed by atoms with Gasteiger partial charge >= 0.3 is 261 Å². The van der Waals surface area contributed by atoms with Crippen LogP contribution in [0.4, 0.5) is 0 Å². The normalized spacial score (nSPS) is 16.7. The van der Waals surface area contributed by atoms with Gasteiger partial charge in [0.25, 0.3) is 0 Å². The number of benzene rings is 4. The number of hydrogen-bond acceptors (Lipinski definition) is 0. The second-order valence-corrected chi connectivity index (χ2v) is 16.5. The summed E-state index contributed by atoms with van der Waals surface area (Å²) >= 11 is -0.929. The molecule has 0 nitrogen and oxygen atoms in total. The number of rotatable bonds is 7. The molecule has 220 valence electrons. The summed E-state index contributed by atoms with van der Waals surface area (Å²) in [4.78, 5) is 0. The summed E-state index contributed by atoms with van der Waals surface area (Å²) < 4.78 is 1.22. The van der Waals surface area contributed by atoms with Crippen LogP contribution in [0.1, 0.15) is 101 Å². The van der Waals surface area contributed by atoms with Crippen LogP contribution in [0.25, 0.3) is 34.4 Å². The summed E-state index contributed by atoms with van der Waals surface area (Å²) in [5, 5.41) is 0. The summed E-state index contributed by atoms with van der Waals surface area (Å²) in [5.74, 6) is 1.67. The molecule has 3 heteroatoms. The topological polar surface area (TPSA) is 0 Å². The molecule has 4 aromatic rings. The van der Waals surface area contributed by atoms with Crippen LogP contribution in [0.15, 0.2) is 96.1 Å². The van der Waals surface area contributed by atoms with Gasteiger partial charge in [0.2, 0.25) is 0 Å². The van der Waals surface area contributed by atoms with Gasteiger partial charge in [-0.2, -0.15) is 0 Å². The van der Waals surface area contributed by atoms with Crippen LogP contribution in [-0.4, -0.2) is 0 Å². The van der Waals surface area contributed by atoms with Crippen molar-refractivity contribution in [2.24, 2.45) is 5.92 Å². The molecule has 2 unspecified atom stereocenters. The Balaban J connectivity index is 0.00000212. The Kier molecular flexibility index (Phi) is 10.9. The van der Waals surface area contributed by atoms with Crippen molar-refractivity contribution in [1.29, 1.82) is 0 Å². The van der Waals surface area contributed by atoms with Crippen molar-refractivity contribution in [2.45, 2.75) is 67.6 Å².